The molecule has 2 aliphatic rings. The molecule has 172 valence electrons. The fourth-order valence-electron chi connectivity index (χ4n) is 3.49. The number of morpholine rings is 1. The highest BCUT2D eigenvalue weighted by molar-refractivity contribution is 7.89. The van der Waals surface area contributed by atoms with Gasteiger partial charge in [-0.05, 0) is 36.4 Å². The Bertz CT molecular complexity index is 1040. The van der Waals surface area contributed by atoms with Crippen LogP contribution in [0.4, 0.5) is 11.4 Å². The van der Waals surface area contributed by atoms with Gasteiger partial charge in [0.05, 0.1) is 31.3 Å². The SMILES string of the molecule is O=C(CCNS(=O)(=O)c1ccc2c(c1)OCCCO2)Nc1ccc(N2CCOCC2)cc1. The zero-order valence-corrected chi connectivity index (χ0v) is 18.5. The van der Waals surface area contributed by atoms with Gasteiger partial charge in [-0.25, -0.2) is 13.1 Å². The van der Waals surface area contributed by atoms with Crippen LogP contribution in [0.15, 0.2) is 47.4 Å². The van der Waals surface area contributed by atoms with E-state index < -0.39 is 10.0 Å². The third-order valence-electron chi connectivity index (χ3n) is 5.20. The molecule has 10 heteroatoms. The summed E-state index contributed by atoms with van der Waals surface area (Å²) in [4.78, 5) is 14.5. The van der Waals surface area contributed by atoms with Crippen molar-refractivity contribution < 1.29 is 27.4 Å². The fraction of sp³-hybridized carbons (Fsp3) is 0.409. The summed E-state index contributed by atoms with van der Waals surface area (Å²) in [6.07, 6.45) is 0.745. The van der Waals surface area contributed by atoms with E-state index in [1.807, 2.05) is 24.3 Å². The average molecular weight is 462 g/mol. The van der Waals surface area contributed by atoms with Gasteiger partial charge in [0.15, 0.2) is 11.5 Å². The van der Waals surface area contributed by atoms with E-state index in [4.69, 9.17) is 14.2 Å². The zero-order valence-electron chi connectivity index (χ0n) is 17.7. The standard InChI is InChI=1S/C22H27N3O6S/c26-22(24-17-2-4-18(5-3-17)25-10-14-29-15-11-25)8-9-23-32(27,28)19-6-7-20-21(16-19)31-13-1-12-30-20/h2-7,16,23H,1,8-15H2,(H,24,26). The number of anilines is 2. The Morgan fingerprint density at radius 2 is 1.66 bits per heavy atom. The molecule has 9 nitrogen and oxygen atoms in total. The van der Waals surface area contributed by atoms with Crippen LogP contribution in [0.2, 0.25) is 0 Å². The Morgan fingerprint density at radius 1 is 0.938 bits per heavy atom. The molecule has 0 bridgehead atoms. The summed E-state index contributed by atoms with van der Waals surface area (Å²) in [6, 6.07) is 12.1. The summed E-state index contributed by atoms with van der Waals surface area (Å²) in [5.74, 6) is 0.662. The smallest absolute Gasteiger partial charge is 0.240 e. The number of carbonyl (C=O) groups excluding carboxylic acids is 1. The van der Waals surface area contributed by atoms with Crippen LogP contribution < -0.4 is 24.4 Å². The van der Waals surface area contributed by atoms with Crippen molar-refractivity contribution in [2.24, 2.45) is 0 Å². The summed E-state index contributed by atoms with van der Waals surface area (Å²) >= 11 is 0. The lowest BCUT2D eigenvalue weighted by atomic mass is 10.2. The minimum absolute atomic E-state index is 0.00893. The summed E-state index contributed by atoms with van der Waals surface area (Å²) in [5.41, 5.74) is 1.74. The van der Waals surface area contributed by atoms with E-state index in [9.17, 15) is 13.2 Å². The average Bonchev–Trinajstić information content (AvgIpc) is 3.05. The van der Waals surface area contributed by atoms with Crippen molar-refractivity contribution in [3.05, 3.63) is 42.5 Å². The monoisotopic (exact) mass is 461 g/mol. The van der Waals surface area contributed by atoms with E-state index in [2.05, 4.69) is 14.9 Å². The van der Waals surface area contributed by atoms with E-state index in [1.165, 1.54) is 12.1 Å². The van der Waals surface area contributed by atoms with E-state index in [0.717, 1.165) is 25.2 Å². The van der Waals surface area contributed by atoms with Gasteiger partial charge in [0.2, 0.25) is 15.9 Å². The lowest BCUT2D eigenvalue weighted by Gasteiger charge is -2.28. The van der Waals surface area contributed by atoms with Gasteiger partial charge >= 0.3 is 0 Å². The molecule has 2 aromatic rings. The minimum Gasteiger partial charge on any atom is -0.490 e. The molecule has 1 amide bonds. The van der Waals surface area contributed by atoms with Gasteiger partial charge in [-0.1, -0.05) is 0 Å². The molecule has 0 unspecified atom stereocenters. The van der Waals surface area contributed by atoms with Crippen LogP contribution in [0.1, 0.15) is 12.8 Å². The second kappa shape index (κ2) is 10.2. The highest BCUT2D eigenvalue weighted by Crippen LogP contribution is 2.31. The molecule has 4 rings (SSSR count). The summed E-state index contributed by atoms with van der Waals surface area (Å²) in [6.45, 7) is 4.08. The first-order valence-electron chi connectivity index (χ1n) is 10.6. The topological polar surface area (TPSA) is 106 Å². The summed E-state index contributed by atoms with van der Waals surface area (Å²) in [7, 11) is -3.77. The van der Waals surface area contributed by atoms with E-state index in [1.54, 1.807) is 6.07 Å². The normalized spacial score (nSPS) is 16.3. The largest absolute Gasteiger partial charge is 0.490 e. The molecule has 0 radical (unpaired) electrons. The first-order chi connectivity index (χ1) is 15.5. The molecule has 2 aromatic carbocycles. The van der Waals surface area contributed by atoms with Crippen molar-refractivity contribution in [1.29, 1.82) is 0 Å². The second-order valence-electron chi connectivity index (χ2n) is 7.50. The Morgan fingerprint density at radius 3 is 2.41 bits per heavy atom. The second-order valence-corrected chi connectivity index (χ2v) is 9.27. The number of nitrogens with zero attached hydrogens (tertiary/aromatic N) is 1. The molecule has 32 heavy (non-hydrogen) atoms. The van der Waals surface area contributed by atoms with Gasteiger partial charge in [-0.3, -0.25) is 4.79 Å². The maximum Gasteiger partial charge on any atom is 0.240 e. The van der Waals surface area contributed by atoms with Crippen molar-refractivity contribution >= 4 is 27.3 Å². The number of hydrogen-bond acceptors (Lipinski definition) is 7. The lowest BCUT2D eigenvalue weighted by Crippen LogP contribution is -2.36. The number of fused-ring (bicyclic) bond motifs is 1. The quantitative estimate of drug-likeness (QED) is 0.650. The number of sulfonamides is 1. The van der Waals surface area contributed by atoms with Gasteiger partial charge in [-0.2, -0.15) is 0 Å². The Labute approximate surface area is 187 Å². The van der Waals surface area contributed by atoms with Crippen LogP contribution in [-0.2, 0) is 19.6 Å². The molecule has 0 aromatic heterocycles. The van der Waals surface area contributed by atoms with Gasteiger partial charge < -0.3 is 24.4 Å². The molecule has 1 fully saturated rings. The Hall–Kier alpha value is -2.82. The van der Waals surface area contributed by atoms with Gasteiger partial charge in [0, 0.05) is 49.9 Å². The number of hydrogen-bond donors (Lipinski definition) is 2. The van der Waals surface area contributed by atoms with Crippen molar-refractivity contribution in [3.8, 4) is 11.5 Å². The number of nitrogens with one attached hydrogen (secondary N) is 2. The summed E-state index contributed by atoms with van der Waals surface area (Å²) in [5, 5.41) is 2.79. The highest BCUT2D eigenvalue weighted by atomic mass is 32.2. The first-order valence-corrected chi connectivity index (χ1v) is 12.1. The third kappa shape index (κ3) is 5.70. The predicted octanol–water partition coefficient (Wildman–Crippen LogP) is 1.99. The van der Waals surface area contributed by atoms with Crippen LogP contribution in [0.3, 0.4) is 0 Å². The first kappa shape index (κ1) is 22.4. The molecular weight excluding hydrogens is 434 g/mol. The highest BCUT2D eigenvalue weighted by Gasteiger charge is 2.19. The molecule has 2 N–H and O–H groups in total. The van der Waals surface area contributed by atoms with Crippen molar-refractivity contribution in [2.75, 3.05) is 56.3 Å². The Kier molecular flexibility index (Phi) is 7.13. The van der Waals surface area contributed by atoms with Crippen molar-refractivity contribution in [2.45, 2.75) is 17.7 Å². The van der Waals surface area contributed by atoms with Gasteiger partial charge in [0.25, 0.3) is 0 Å². The van der Waals surface area contributed by atoms with E-state index in [0.29, 0.717) is 43.6 Å². The van der Waals surface area contributed by atoms with Gasteiger partial charge in [0.1, 0.15) is 0 Å². The number of rotatable bonds is 7. The maximum atomic E-state index is 12.6. The predicted molar refractivity (Wildman–Crippen MR) is 120 cm³/mol. The minimum atomic E-state index is -3.77. The van der Waals surface area contributed by atoms with Gasteiger partial charge in [-0.15, -0.1) is 0 Å². The third-order valence-corrected chi connectivity index (χ3v) is 6.66. The zero-order chi connectivity index (χ0) is 22.4. The van der Waals surface area contributed by atoms with Crippen LogP contribution in [0.5, 0.6) is 11.5 Å². The number of amides is 1. The van der Waals surface area contributed by atoms with Crippen LogP contribution in [0, 0.1) is 0 Å². The van der Waals surface area contributed by atoms with Crippen LogP contribution in [0.25, 0.3) is 0 Å². The molecule has 2 heterocycles. The summed E-state index contributed by atoms with van der Waals surface area (Å²) < 4.78 is 44.1. The lowest BCUT2D eigenvalue weighted by molar-refractivity contribution is -0.116. The molecule has 0 atom stereocenters. The molecular formula is C22H27N3O6S. The van der Waals surface area contributed by atoms with Crippen molar-refractivity contribution in [3.63, 3.8) is 0 Å². The molecule has 0 aliphatic carbocycles. The molecule has 0 saturated carbocycles. The number of carbonyl (C=O) groups is 1. The van der Waals surface area contributed by atoms with Crippen molar-refractivity contribution in [1.82, 2.24) is 4.72 Å². The van der Waals surface area contributed by atoms with E-state index in [-0.39, 0.29) is 23.8 Å². The molecule has 0 spiro atoms. The Balaban J connectivity index is 1.27. The maximum absolute atomic E-state index is 12.6. The van der Waals surface area contributed by atoms with Crippen LogP contribution in [-0.4, -0.2) is 60.4 Å². The van der Waals surface area contributed by atoms with Crippen LogP contribution >= 0.6 is 0 Å². The fourth-order valence-corrected chi connectivity index (χ4v) is 4.54. The number of benzene rings is 2. The number of ether oxygens (including phenoxy) is 3. The molecule has 2 aliphatic heterocycles. The molecule has 1 saturated heterocycles. The van der Waals surface area contributed by atoms with E-state index >= 15 is 0 Å².